The van der Waals surface area contributed by atoms with Crippen molar-refractivity contribution >= 4 is 5.97 Å². The van der Waals surface area contributed by atoms with E-state index in [1.165, 1.54) is 12.7 Å². The number of ether oxygens (including phenoxy) is 2. The van der Waals surface area contributed by atoms with E-state index in [4.69, 9.17) is 4.74 Å². The van der Waals surface area contributed by atoms with Gasteiger partial charge in [0, 0.05) is 24.7 Å². The summed E-state index contributed by atoms with van der Waals surface area (Å²) in [6.07, 6.45) is 4.90. The van der Waals surface area contributed by atoms with E-state index in [0.717, 1.165) is 18.4 Å². The van der Waals surface area contributed by atoms with Crippen LogP contribution >= 0.6 is 0 Å². The Hall–Kier alpha value is -1.72. The molecule has 0 heterocycles. The molecular formula is C22H31FO4. The van der Waals surface area contributed by atoms with E-state index in [1.54, 1.807) is 0 Å². The molecule has 0 aliphatic heterocycles. The van der Waals surface area contributed by atoms with Crippen LogP contribution in [0, 0.1) is 18.8 Å². The zero-order valence-electron chi connectivity index (χ0n) is 16.3. The largest absolute Gasteiger partial charge is 0.469 e. The van der Waals surface area contributed by atoms with Crippen LogP contribution in [0.2, 0.25) is 0 Å². The predicted octanol–water partition coefficient (Wildman–Crippen LogP) is 4.14. The number of aliphatic hydroxyl groups is 1. The van der Waals surface area contributed by atoms with Gasteiger partial charge < -0.3 is 14.6 Å². The first-order valence-corrected chi connectivity index (χ1v) is 9.68. The third-order valence-corrected chi connectivity index (χ3v) is 5.19. The first-order chi connectivity index (χ1) is 13.0. The Morgan fingerprint density at radius 3 is 2.89 bits per heavy atom. The van der Waals surface area contributed by atoms with Crippen LogP contribution in [0.4, 0.5) is 4.39 Å². The van der Waals surface area contributed by atoms with E-state index in [0.29, 0.717) is 26.1 Å². The van der Waals surface area contributed by atoms with Gasteiger partial charge in [0.1, 0.15) is 6.17 Å². The summed E-state index contributed by atoms with van der Waals surface area (Å²) in [5.74, 6) is -0.629. The minimum atomic E-state index is -1.01. The third kappa shape index (κ3) is 7.07. The Labute approximate surface area is 161 Å². The Balaban J connectivity index is 1.77. The van der Waals surface area contributed by atoms with Gasteiger partial charge in [-0.1, -0.05) is 42.0 Å². The molecule has 1 aromatic carbocycles. The van der Waals surface area contributed by atoms with Crippen molar-refractivity contribution in [3.63, 3.8) is 0 Å². The van der Waals surface area contributed by atoms with Gasteiger partial charge in [0.15, 0.2) is 0 Å². The summed E-state index contributed by atoms with van der Waals surface area (Å²) in [6, 6.07) is 8.09. The summed E-state index contributed by atoms with van der Waals surface area (Å²) < 4.78 is 24.7. The maximum Gasteiger partial charge on any atom is 0.305 e. The summed E-state index contributed by atoms with van der Waals surface area (Å²) in [5.41, 5.74) is 2.26. The fourth-order valence-corrected chi connectivity index (χ4v) is 3.64. The highest BCUT2D eigenvalue weighted by Crippen LogP contribution is 2.37. The lowest BCUT2D eigenvalue weighted by atomic mass is 9.91. The van der Waals surface area contributed by atoms with Gasteiger partial charge in [0.25, 0.3) is 0 Å². The lowest BCUT2D eigenvalue weighted by Gasteiger charge is -2.21. The first kappa shape index (κ1) is 21.6. The number of hydrogen-bond donors (Lipinski definition) is 1. The van der Waals surface area contributed by atoms with Crippen LogP contribution in [0.5, 0.6) is 0 Å². The second kappa shape index (κ2) is 11.2. The minimum absolute atomic E-state index is 0.180. The maximum atomic E-state index is 14.3. The number of rotatable bonds is 10. The van der Waals surface area contributed by atoms with Crippen LogP contribution in [-0.4, -0.2) is 37.1 Å². The van der Waals surface area contributed by atoms with Crippen LogP contribution in [-0.2, 0) is 20.9 Å². The van der Waals surface area contributed by atoms with E-state index >= 15 is 0 Å². The molecule has 5 heteroatoms. The fraction of sp³-hybridized carbons (Fsp3) is 0.591. The van der Waals surface area contributed by atoms with Crippen molar-refractivity contribution in [2.24, 2.45) is 11.8 Å². The second-order valence-corrected chi connectivity index (χ2v) is 7.33. The topological polar surface area (TPSA) is 55.8 Å². The molecule has 4 nitrogen and oxygen atoms in total. The van der Waals surface area contributed by atoms with Crippen LogP contribution in [0.1, 0.15) is 43.2 Å². The third-order valence-electron chi connectivity index (χ3n) is 5.19. The molecule has 1 aliphatic carbocycles. The van der Waals surface area contributed by atoms with E-state index in [2.05, 4.69) is 10.8 Å². The van der Waals surface area contributed by atoms with Gasteiger partial charge in [0.05, 0.1) is 26.4 Å². The average Bonchev–Trinajstić information content (AvgIpc) is 2.91. The molecule has 1 aromatic rings. The molecule has 150 valence electrons. The molecule has 27 heavy (non-hydrogen) atoms. The van der Waals surface area contributed by atoms with Gasteiger partial charge in [-0.15, -0.1) is 0 Å². The Kier molecular flexibility index (Phi) is 8.95. The molecule has 2 rings (SSSR count). The number of aryl methyl sites for hydroxylation is 1. The molecule has 0 saturated heterocycles. The Morgan fingerprint density at radius 1 is 1.33 bits per heavy atom. The smallest absolute Gasteiger partial charge is 0.305 e. The number of esters is 1. The molecule has 0 bridgehead atoms. The number of allylic oxidation sites excluding steroid dienone is 2. The number of benzene rings is 1. The molecule has 1 N–H and O–H groups in total. The molecule has 0 aromatic heterocycles. The van der Waals surface area contributed by atoms with Gasteiger partial charge in [0.2, 0.25) is 0 Å². The SMILES string of the molecule is COC(=O)CCC/C=C\CC1C(F)CC(O)C1COCc1cccc(C)c1. The minimum Gasteiger partial charge on any atom is -0.469 e. The summed E-state index contributed by atoms with van der Waals surface area (Å²) in [6.45, 7) is 2.86. The summed E-state index contributed by atoms with van der Waals surface area (Å²) in [4.78, 5) is 11.1. The number of alkyl halides is 1. The van der Waals surface area contributed by atoms with Crippen molar-refractivity contribution in [3.8, 4) is 0 Å². The van der Waals surface area contributed by atoms with Crippen molar-refractivity contribution in [1.82, 2.24) is 0 Å². The van der Waals surface area contributed by atoms with Crippen molar-refractivity contribution < 1.29 is 23.8 Å². The van der Waals surface area contributed by atoms with E-state index in [9.17, 15) is 14.3 Å². The monoisotopic (exact) mass is 378 g/mol. The number of methoxy groups -OCH3 is 1. The zero-order valence-corrected chi connectivity index (χ0v) is 16.3. The number of carbonyl (C=O) groups excluding carboxylic acids is 1. The van der Waals surface area contributed by atoms with Crippen LogP contribution in [0.25, 0.3) is 0 Å². The standard InChI is InChI=1S/C22H31FO4/c1-16-8-7-9-17(12-16)14-27-15-19-18(20(23)13-21(19)24)10-5-3-4-6-11-22(25)26-2/h3,5,7-9,12,18-21,24H,4,6,10-11,13-15H2,1-2H3/b5-3-. The quantitative estimate of drug-likeness (QED) is 0.378. The van der Waals surface area contributed by atoms with Gasteiger partial charge in [-0.25, -0.2) is 4.39 Å². The van der Waals surface area contributed by atoms with Crippen LogP contribution in [0.15, 0.2) is 36.4 Å². The van der Waals surface area contributed by atoms with Crippen LogP contribution < -0.4 is 0 Å². The zero-order chi connectivity index (χ0) is 19.6. The average molecular weight is 378 g/mol. The fourth-order valence-electron chi connectivity index (χ4n) is 3.64. The van der Waals surface area contributed by atoms with Gasteiger partial charge in [-0.2, -0.15) is 0 Å². The number of hydrogen-bond acceptors (Lipinski definition) is 4. The molecule has 0 amide bonds. The Morgan fingerprint density at radius 2 is 2.15 bits per heavy atom. The highest BCUT2D eigenvalue weighted by Gasteiger charge is 2.42. The molecule has 4 unspecified atom stereocenters. The number of unbranched alkanes of at least 4 members (excludes halogenated alkanes) is 1. The lowest BCUT2D eigenvalue weighted by Crippen LogP contribution is -2.25. The molecule has 0 spiro atoms. The predicted molar refractivity (Wildman–Crippen MR) is 103 cm³/mol. The van der Waals surface area contributed by atoms with E-state index in [1.807, 2.05) is 37.3 Å². The van der Waals surface area contributed by atoms with Crippen molar-refractivity contribution in [2.45, 2.75) is 57.9 Å². The highest BCUT2D eigenvalue weighted by molar-refractivity contribution is 5.69. The van der Waals surface area contributed by atoms with Gasteiger partial charge >= 0.3 is 5.97 Å². The number of halogens is 1. The molecule has 1 aliphatic rings. The normalized spacial score (nSPS) is 25.2. The van der Waals surface area contributed by atoms with Crippen molar-refractivity contribution in [1.29, 1.82) is 0 Å². The number of carbonyl (C=O) groups is 1. The molecule has 1 fully saturated rings. The van der Waals surface area contributed by atoms with Gasteiger partial charge in [-0.3, -0.25) is 4.79 Å². The summed E-state index contributed by atoms with van der Waals surface area (Å²) in [7, 11) is 1.38. The highest BCUT2D eigenvalue weighted by atomic mass is 19.1. The summed E-state index contributed by atoms with van der Waals surface area (Å²) in [5, 5.41) is 10.2. The second-order valence-electron chi connectivity index (χ2n) is 7.33. The van der Waals surface area contributed by atoms with Crippen LogP contribution in [0.3, 0.4) is 0 Å². The lowest BCUT2D eigenvalue weighted by molar-refractivity contribution is -0.140. The summed E-state index contributed by atoms with van der Waals surface area (Å²) >= 11 is 0. The molecule has 0 radical (unpaired) electrons. The van der Waals surface area contributed by atoms with E-state index < -0.39 is 12.3 Å². The molecular weight excluding hydrogens is 347 g/mol. The number of aliphatic hydroxyl groups excluding tert-OH is 1. The maximum absolute atomic E-state index is 14.3. The Bertz CT molecular complexity index is 616. The molecule has 4 atom stereocenters. The van der Waals surface area contributed by atoms with Gasteiger partial charge in [-0.05, 0) is 31.7 Å². The van der Waals surface area contributed by atoms with Crippen molar-refractivity contribution in [2.75, 3.05) is 13.7 Å². The van der Waals surface area contributed by atoms with Crippen molar-refractivity contribution in [3.05, 3.63) is 47.5 Å². The molecule has 1 saturated carbocycles. The van der Waals surface area contributed by atoms with E-state index in [-0.39, 0.29) is 24.2 Å². The first-order valence-electron chi connectivity index (χ1n) is 9.68.